The topological polar surface area (TPSA) is 69.6 Å². The summed E-state index contributed by atoms with van der Waals surface area (Å²) in [6, 6.07) is 0.223. The highest BCUT2D eigenvalue weighted by Crippen LogP contribution is 2.14. The van der Waals surface area contributed by atoms with E-state index in [1.165, 1.54) is 0 Å². The molecule has 0 aromatic heterocycles. The van der Waals surface area contributed by atoms with Crippen LogP contribution in [0.3, 0.4) is 0 Å². The lowest BCUT2D eigenvalue weighted by Crippen LogP contribution is -2.48. The van der Waals surface area contributed by atoms with Gasteiger partial charge in [0.1, 0.15) is 0 Å². The second-order valence-corrected chi connectivity index (χ2v) is 3.06. The van der Waals surface area contributed by atoms with Crippen LogP contribution in [0.25, 0.3) is 0 Å². The average molecular weight is 159 g/mol. The summed E-state index contributed by atoms with van der Waals surface area (Å²) in [7, 11) is 0. The molecule has 3 N–H and O–H groups in total. The zero-order valence-corrected chi connectivity index (χ0v) is 6.45. The highest BCUT2D eigenvalue weighted by Gasteiger charge is 2.31. The molecule has 1 saturated heterocycles. The van der Waals surface area contributed by atoms with Crippen molar-refractivity contribution in [3.05, 3.63) is 0 Å². The minimum atomic E-state index is -0.920. The van der Waals surface area contributed by atoms with E-state index < -0.39 is 18.0 Å². The van der Waals surface area contributed by atoms with Crippen LogP contribution >= 0.6 is 0 Å². The fourth-order valence-electron chi connectivity index (χ4n) is 1.33. The predicted molar refractivity (Wildman–Crippen MR) is 39.2 cm³/mol. The Balaban J connectivity index is 2.50. The summed E-state index contributed by atoms with van der Waals surface area (Å²) in [6.07, 6.45) is -0.166. The monoisotopic (exact) mass is 159 g/mol. The van der Waals surface area contributed by atoms with Crippen LogP contribution in [-0.2, 0) is 4.79 Å². The molecule has 0 aromatic rings. The SMILES string of the molecule is CC1CC(O)C(C(=O)O)CN1. The Morgan fingerprint density at radius 1 is 1.64 bits per heavy atom. The molecule has 64 valence electrons. The molecule has 4 heteroatoms. The Hall–Kier alpha value is -0.610. The molecule has 0 amide bonds. The molecule has 1 heterocycles. The molecule has 4 nitrogen and oxygen atoms in total. The van der Waals surface area contributed by atoms with E-state index in [-0.39, 0.29) is 6.04 Å². The molecule has 0 aromatic carbocycles. The maximum Gasteiger partial charge on any atom is 0.310 e. The number of aliphatic hydroxyl groups is 1. The van der Waals surface area contributed by atoms with Crippen molar-refractivity contribution >= 4 is 5.97 Å². The second-order valence-electron chi connectivity index (χ2n) is 3.06. The quantitative estimate of drug-likeness (QED) is 0.479. The van der Waals surface area contributed by atoms with E-state index in [0.29, 0.717) is 13.0 Å². The van der Waals surface area contributed by atoms with E-state index in [2.05, 4.69) is 5.32 Å². The Labute approximate surface area is 65.2 Å². The maximum atomic E-state index is 10.5. The molecule has 1 rings (SSSR count). The molecule has 0 spiro atoms. The zero-order valence-electron chi connectivity index (χ0n) is 6.45. The Morgan fingerprint density at radius 2 is 2.27 bits per heavy atom. The van der Waals surface area contributed by atoms with Crippen molar-refractivity contribution in [2.24, 2.45) is 5.92 Å². The first kappa shape index (κ1) is 8.49. The molecule has 3 unspecified atom stereocenters. The third kappa shape index (κ3) is 1.91. The Bertz CT molecular complexity index is 160. The number of carboxylic acid groups (broad SMARTS) is 1. The van der Waals surface area contributed by atoms with E-state index in [1.807, 2.05) is 6.92 Å². The first-order chi connectivity index (χ1) is 5.11. The number of aliphatic carboxylic acids is 1. The highest BCUT2D eigenvalue weighted by molar-refractivity contribution is 5.71. The number of carbonyl (C=O) groups is 1. The van der Waals surface area contributed by atoms with Gasteiger partial charge in [0.05, 0.1) is 12.0 Å². The molecule has 1 fully saturated rings. The summed E-state index contributed by atoms with van der Waals surface area (Å²) in [6.45, 7) is 2.30. The van der Waals surface area contributed by atoms with E-state index in [1.54, 1.807) is 0 Å². The van der Waals surface area contributed by atoms with Gasteiger partial charge in [0.2, 0.25) is 0 Å². The highest BCUT2D eigenvalue weighted by atomic mass is 16.4. The number of rotatable bonds is 1. The van der Waals surface area contributed by atoms with Crippen LogP contribution in [0.15, 0.2) is 0 Å². The van der Waals surface area contributed by atoms with E-state index >= 15 is 0 Å². The molecule has 0 radical (unpaired) electrons. The van der Waals surface area contributed by atoms with Crippen LogP contribution in [-0.4, -0.2) is 34.9 Å². The fourth-order valence-corrected chi connectivity index (χ4v) is 1.33. The molecule has 0 bridgehead atoms. The molecular formula is C7H13NO3. The van der Waals surface area contributed by atoms with Gasteiger partial charge in [0.15, 0.2) is 0 Å². The van der Waals surface area contributed by atoms with E-state index in [9.17, 15) is 9.90 Å². The molecule has 11 heavy (non-hydrogen) atoms. The van der Waals surface area contributed by atoms with Crippen LogP contribution in [0.4, 0.5) is 0 Å². The number of nitrogens with one attached hydrogen (secondary N) is 1. The van der Waals surface area contributed by atoms with Gasteiger partial charge in [0, 0.05) is 12.6 Å². The van der Waals surface area contributed by atoms with Crippen molar-refractivity contribution in [2.45, 2.75) is 25.5 Å². The lowest BCUT2D eigenvalue weighted by atomic mass is 9.92. The summed E-state index contributed by atoms with van der Waals surface area (Å²) in [5.41, 5.74) is 0. The minimum absolute atomic E-state index is 0.223. The van der Waals surface area contributed by atoms with E-state index in [4.69, 9.17) is 5.11 Å². The molecule has 1 aliphatic rings. The molecule has 1 aliphatic heterocycles. The largest absolute Gasteiger partial charge is 0.481 e. The molecule has 3 atom stereocenters. The second kappa shape index (κ2) is 3.19. The fraction of sp³-hybridized carbons (Fsp3) is 0.857. The van der Waals surface area contributed by atoms with Crippen LogP contribution in [0.1, 0.15) is 13.3 Å². The normalized spacial score (nSPS) is 38.5. The van der Waals surface area contributed by atoms with Gasteiger partial charge < -0.3 is 15.5 Å². The summed E-state index contributed by atoms with van der Waals surface area (Å²) in [5, 5.41) is 20.9. The summed E-state index contributed by atoms with van der Waals surface area (Å²) >= 11 is 0. The molecule has 0 saturated carbocycles. The first-order valence-electron chi connectivity index (χ1n) is 3.75. The number of aliphatic hydroxyl groups excluding tert-OH is 1. The third-order valence-corrected chi connectivity index (χ3v) is 2.06. The summed E-state index contributed by atoms with van der Waals surface area (Å²) in [4.78, 5) is 10.5. The lowest BCUT2D eigenvalue weighted by molar-refractivity contribution is -0.146. The summed E-state index contributed by atoms with van der Waals surface area (Å²) < 4.78 is 0. The van der Waals surface area contributed by atoms with Crippen molar-refractivity contribution in [3.8, 4) is 0 Å². The van der Waals surface area contributed by atoms with E-state index in [0.717, 1.165) is 0 Å². The van der Waals surface area contributed by atoms with Gasteiger partial charge in [-0.15, -0.1) is 0 Å². The van der Waals surface area contributed by atoms with Crippen molar-refractivity contribution in [3.63, 3.8) is 0 Å². The first-order valence-corrected chi connectivity index (χ1v) is 3.75. The lowest BCUT2D eigenvalue weighted by Gasteiger charge is -2.29. The van der Waals surface area contributed by atoms with Crippen molar-refractivity contribution in [1.82, 2.24) is 5.32 Å². The Kier molecular flexibility index (Phi) is 2.46. The number of piperidine rings is 1. The maximum absolute atomic E-state index is 10.5. The predicted octanol–water partition coefficient (Wildman–Crippen LogP) is -0.570. The Morgan fingerprint density at radius 3 is 2.73 bits per heavy atom. The molecular weight excluding hydrogens is 146 g/mol. The van der Waals surface area contributed by atoms with Gasteiger partial charge in [-0.05, 0) is 13.3 Å². The third-order valence-electron chi connectivity index (χ3n) is 2.06. The van der Waals surface area contributed by atoms with Gasteiger partial charge in [-0.2, -0.15) is 0 Å². The van der Waals surface area contributed by atoms with Gasteiger partial charge in [0.25, 0.3) is 0 Å². The number of carboxylic acids is 1. The average Bonchev–Trinajstić information content (AvgIpc) is 1.85. The van der Waals surface area contributed by atoms with Crippen LogP contribution in [0.5, 0.6) is 0 Å². The van der Waals surface area contributed by atoms with Crippen LogP contribution < -0.4 is 5.32 Å². The molecule has 0 aliphatic carbocycles. The van der Waals surface area contributed by atoms with Crippen LogP contribution in [0, 0.1) is 5.92 Å². The van der Waals surface area contributed by atoms with Crippen molar-refractivity contribution < 1.29 is 15.0 Å². The van der Waals surface area contributed by atoms with Gasteiger partial charge in [-0.1, -0.05) is 0 Å². The standard InChI is InChI=1S/C7H13NO3/c1-4-2-6(9)5(3-8-4)7(10)11/h4-6,8-9H,2-3H2,1H3,(H,10,11). The summed E-state index contributed by atoms with van der Waals surface area (Å²) in [5.74, 6) is -1.55. The smallest absolute Gasteiger partial charge is 0.310 e. The zero-order chi connectivity index (χ0) is 8.43. The minimum Gasteiger partial charge on any atom is -0.481 e. The van der Waals surface area contributed by atoms with Crippen molar-refractivity contribution in [2.75, 3.05) is 6.54 Å². The number of hydrogen-bond donors (Lipinski definition) is 3. The van der Waals surface area contributed by atoms with Gasteiger partial charge in [-0.25, -0.2) is 0 Å². The van der Waals surface area contributed by atoms with Gasteiger partial charge in [-0.3, -0.25) is 4.79 Å². The number of hydrogen-bond acceptors (Lipinski definition) is 3. The van der Waals surface area contributed by atoms with Crippen molar-refractivity contribution in [1.29, 1.82) is 0 Å². The van der Waals surface area contributed by atoms with Gasteiger partial charge >= 0.3 is 5.97 Å². The van der Waals surface area contributed by atoms with Crippen LogP contribution in [0.2, 0.25) is 0 Å².